The van der Waals surface area contributed by atoms with E-state index in [9.17, 15) is 0 Å². The third-order valence-electron chi connectivity index (χ3n) is 1.97. The van der Waals surface area contributed by atoms with E-state index >= 15 is 0 Å². The molecule has 72 valence electrons. The fourth-order valence-electron chi connectivity index (χ4n) is 1.02. The van der Waals surface area contributed by atoms with Crippen LogP contribution in [0, 0.1) is 0 Å². The average molecular weight is 179 g/mol. The molecule has 0 spiro atoms. The van der Waals surface area contributed by atoms with Crippen molar-refractivity contribution in [3.63, 3.8) is 0 Å². The first-order valence-electron chi connectivity index (χ1n) is 4.70. The van der Waals surface area contributed by atoms with Gasteiger partial charge in [-0.25, -0.2) is 0 Å². The van der Waals surface area contributed by atoms with Crippen LogP contribution in [0.1, 0.15) is 18.9 Å². The van der Waals surface area contributed by atoms with Crippen LogP contribution in [0.3, 0.4) is 0 Å². The molecule has 2 nitrogen and oxygen atoms in total. The molecule has 0 heterocycles. The van der Waals surface area contributed by atoms with Gasteiger partial charge in [-0.15, -0.1) is 0 Å². The van der Waals surface area contributed by atoms with Crippen molar-refractivity contribution in [1.82, 2.24) is 0 Å². The second-order valence-corrected chi connectivity index (χ2v) is 3.17. The van der Waals surface area contributed by atoms with Gasteiger partial charge in [-0.05, 0) is 12.0 Å². The predicted octanol–water partition coefficient (Wildman–Crippen LogP) is 1.94. The summed E-state index contributed by atoms with van der Waals surface area (Å²) in [7, 11) is 0. The maximum absolute atomic E-state index is 5.71. The molecule has 0 radical (unpaired) electrons. The minimum absolute atomic E-state index is 0.170. The fourth-order valence-corrected chi connectivity index (χ4v) is 1.02. The molecule has 13 heavy (non-hydrogen) atoms. The van der Waals surface area contributed by atoms with Crippen LogP contribution in [0.25, 0.3) is 0 Å². The van der Waals surface area contributed by atoms with E-state index in [0.717, 1.165) is 6.42 Å². The SMILES string of the molecule is CC[C@H](N)COCc1ccccc1. The Bertz CT molecular complexity index is 223. The van der Waals surface area contributed by atoms with Crippen molar-refractivity contribution < 1.29 is 4.74 Å². The highest BCUT2D eigenvalue weighted by Crippen LogP contribution is 2.00. The second kappa shape index (κ2) is 5.73. The van der Waals surface area contributed by atoms with E-state index in [1.807, 2.05) is 18.2 Å². The zero-order chi connectivity index (χ0) is 9.52. The molecule has 0 aliphatic heterocycles. The summed E-state index contributed by atoms with van der Waals surface area (Å²) in [6.45, 7) is 3.37. The van der Waals surface area contributed by atoms with E-state index in [4.69, 9.17) is 10.5 Å². The van der Waals surface area contributed by atoms with Gasteiger partial charge in [0.05, 0.1) is 13.2 Å². The normalized spacial score (nSPS) is 12.8. The average Bonchev–Trinajstić information content (AvgIpc) is 2.19. The zero-order valence-electron chi connectivity index (χ0n) is 8.07. The van der Waals surface area contributed by atoms with Crippen LogP contribution in [-0.4, -0.2) is 12.6 Å². The van der Waals surface area contributed by atoms with E-state index in [1.54, 1.807) is 0 Å². The predicted molar refractivity (Wildman–Crippen MR) is 54.4 cm³/mol. The molecule has 0 saturated heterocycles. The third-order valence-corrected chi connectivity index (χ3v) is 1.97. The first kappa shape index (κ1) is 10.2. The van der Waals surface area contributed by atoms with E-state index in [2.05, 4.69) is 19.1 Å². The van der Waals surface area contributed by atoms with Gasteiger partial charge in [-0.2, -0.15) is 0 Å². The maximum atomic E-state index is 5.71. The van der Waals surface area contributed by atoms with Crippen LogP contribution < -0.4 is 5.73 Å². The Labute approximate surface area is 79.7 Å². The lowest BCUT2D eigenvalue weighted by atomic mass is 10.2. The molecule has 0 aliphatic rings. The summed E-state index contributed by atoms with van der Waals surface area (Å²) in [5.41, 5.74) is 6.91. The molecular weight excluding hydrogens is 162 g/mol. The van der Waals surface area contributed by atoms with Gasteiger partial charge in [0.2, 0.25) is 0 Å². The Morgan fingerprint density at radius 3 is 2.62 bits per heavy atom. The maximum Gasteiger partial charge on any atom is 0.0717 e. The Balaban J connectivity index is 2.20. The molecule has 0 amide bonds. The minimum atomic E-state index is 0.170. The summed E-state index contributed by atoms with van der Waals surface area (Å²) in [4.78, 5) is 0. The molecule has 1 aromatic rings. The van der Waals surface area contributed by atoms with Crippen molar-refractivity contribution in [2.24, 2.45) is 5.73 Å². The molecule has 0 aromatic heterocycles. The van der Waals surface area contributed by atoms with E-state index in [-0.39, 0.29) is 6.04 Å². The number of ether oxygens (including phenoxy) is 1. The van der Waals surface area contributed by atoms with Crippen molar-refractivity contribution in [2.75, 3.05) is 6.61 Å². The summed E-state index contributed by atoms with van der Waals surface area (Å²) in [6.07, 6.45) is 0.967. The molecular formula is C11H17NO. The number of nitrogens with two attached hydrogens (primary N) is 1. The second-order valence-electron chi connectivity index (χ2n) is 3.17. The minimum Gasteiger partial charge on any atom is -0.375 e. The zero-order valence-corrected chi connectivity index (χ0v) is 8.07. The van der Waals surface area contributed by atoms with E-state index in [0.29, 0.717) is 13.2 Å². The summed E-state index contributed by atoms with van der Waals surface area (Å²) in [6, 6.07) is 10.3. The molecule has 1 aromatic carbocycles. The molecule has 0 fully saturated rings. The summed E-state index contributed by atoms with van der Waals surface area (Å²) in [5.74, 6) is 0. The first-order valence-corrected chi connectivity index (χ1v) is 4.70. The molecule has 0 saturated carbocycles. The number of rotatable bonds is 5. The van der Waals surface area contributed by atoms with E-state index < -0.39 is 0 Å². The number of benzene rings is 1. The van der Waals surface area contributed by atoms with Crippen LogP contribution in [0.5, 0.6) is 0 Å². The van der Waals surface area contributed by atoms with Crippen molar-refractivity contribution >= 4 is 0 Å². The van der Waals surface area contributed by atoms with Gasteiger partial charge in [0.1, 0.15) is 0 Å². The smallest absolute Gasteiger partial charge is 0.0717 e. The van der Waals surface area contributed by atoms with Crippen molar-refractivity contribution in [3.05, 3.63) is 35.9 Å². The first-order chi connectivity index (χ1) is 6.33. The molecule has 2 N–H and O–H groups in total. The van der Waals surface area contributed by atoms with Gasteiger partial charge in [-0.3, -0.25) is 0 Å². The highest BCUT2D eigenvalue weighted by Gasteiger charge is 1.98. The van der Waals surface area contributed by atoms with Crippen LogP contribution in [0.15, 0.2) is 30.3 Å². The monoisotopic (exact) mass is 179 g/mol. The fraction of sp³-hybridized carbons (Fsp3) is 0.455. The molecule has 2 heteroatoms. The summed E-state index contributed by atoms with van der Waals surface area (Å²) < 4.78 is 5.45. The van der Waals surface area contributed by atoms with Gasteiger partial charge in [0.15, 0.2) is 0 Å². The van der Waals surface area contributed by atoms with Gasteiger partial charge < -0.3 is 10.5 Å². The van der Waals surface area contributed by atoms with E-state index in [1.165, 1.54) is 5.56 Å². The highest BCUT2D eigenvalue weighted by molar-refractivity contribution is 5.13. The van der Waals surface area contributed by atoms with Crippen molar-refractivity contribution in [2.45, 2.75) is 26.0 Å². The summed E-state index contributed by atoms with van der Waals surface area (Å²) >= 11 is 0. The van der Waals surface area contributed by atoms with Crippen LogP contribution in [0.2, 0.25) is 0 Å². The molecule has 0 aliphatic carbocycles. The van der Waals surface area contributed by atoms with Gasteiger partial charge in [0, 0.05) is 6.04 Å². The van der Waals surface area contributed by atoms with Crippen LogP contribution >= 0.6 is 0 Å². The van der Waals surface area contributed by atoms with Crippen LogP contribution in [-0.2, 0) is 11.3 Å². The van der Waals surface area contributed by atoms with Gasteiger partial charge in [0.25, 0.3) is 0 Å². The molecule has 0 unspecified atom stereocenters. The quantitative estimate of drug-likeness (QED) is 0.749. The third kappa shape index (κ3) is 4.06. The Morgan fingerprint density at radius 1 is 1.31 bits per heavy atom. The molecule has 1 rings (SSSR count). The molecule has 1 atom stereocenters. The van der Waals surface area contributed by atoms with Crippen molar-refractivity contribution in [1.29, 1.82) is 0 Å². The Kier molecular flexibility index (Phi) is 4.50. The molecule has 0 bridgehead atoms. The number of hydrogen-bond acceptors (Lipinski definition) is 2. The lowest BCUT2D eigenvalue weighted by molar-refractivity contribution is 0.107. The number of hydrogen-bond donors (Lipinski definition) is 1. The highest BCUT2D eigenvalue weighted by atomic mass is 16.5. The lowest BCUT2D eigenvalue weighted by Crippen LogP contribution is -2.24. The Morgan fingerprint density at radius 2 is 2.00 bits per heavy atom. The topological polar surface area (TPSA) is 35.2 Å². The standard InChI is InChI=1S/C11H17NO/c1-2-11(12)9-13-8-10-6-4-3-5-7-10/h3-7,11H,2,8-9,12H2,1H3/t11-/m0/s1. The van der Waals surface area contributed by atoms with Gasteiger partial charge in [-0.1, -0.05) is 37.3 Å². The summed E-state index contributed by atoms with van der Waals surface area (Å²) in [5, 5.41) is 0. The lowest BCUT2D eigenvalue weighted by Gasteiger charge is -2.09. The Hall–Kier alpha value is -0.860. The van der Waals surface area contributed by atoms with Gasteiger partial charge >= 0.3 is 0 Å². The van der Waals surface area contributed by atoms with Crippen molar-refractivity contribution in [3.8, 4) is 0 Å². The largest absolute Gasteiger partial charge is 0.375 e. The van der Waals surface area contributed by atoms with Crippen LogP contribution in [0.4, 0.5) is 0 Å².